The molecule has 0 unspecified atom stereocenters. The van der Waals surface area contributed by atoms with E-state index in [0.29, 0.717) is 0 Å². The highest BCUT2D eigenvalue weighted by atomic mass is 35.5. The minimum atomic E-state index is -2.64. The highest BCUT2D eigenvalue weighted by molar-refractivity contribution is 5.85. The molecule has 0 aliphatic carbocycles. The van der Waals surface area contributed by atoms with Crippen LogP contribution in [0.1, 0.15) is 12.0 Å². The van der Waals surface area contributed by atoms with E-state index in [2.05, 4.69) is 4.98 Å². The number of rotatable bonds is 1. The number of pyridine rings is 1. The Kier molecular flexibility index (Phi) is 3.74. The second-order valence-electron chi connectivity index (χ2n) is 1.74. The molecule has 0 radical (unpaired) electrons. The maximum Gasteiger partial charge on any atom is 0.267 e. The summed E-state index contributed by atoms with van der Waals surface area (Å²) in [5.74, 6) is -0.461. The molecule has 0 bridgehead atoms. The van der Waals surface area contributed by atoms with Crippen molar-refractivity contribution in [2.75, 3.05) is 0 Å². The number of aromatic nitrogens is 1. The molecule has 0 aliphatic heterocycles. The molecule has 1 heterocycles. The number of nitrogens with zero attached hydrogens (tertiary/aromatic N) is 1. The summed E-state index contributed by atoms with van der Waals surface area (Å²) in [5, 5.41) is 8.74. The Morgan fingerprint density at radius 1 is 1.45 bits per heavy atom. The van der Waals surface area contributed by atoms with Gasteiger partial charge in [-0.3, -0.25) is 4.98 Å². The molecule has 1 aromatic rings. The Bertz CT molecular complexity index is 232. The molecule has 0 amide bonds. The van der Waals surface area contributed by atoms with Gasteiger partial charge in [0.2, 0.25) is 0 Å². The largest absolute Gasteiger partial charge is 0.506 e. The molecule has 1 rings (SSSR count). The van der Waals surface area contributed by atoms with E-state index in [1.165, 1.54) is 6.20 Å². The van der Waals surface area contributed by atoms with E-state index in [0.717, 1.165) is 12.3 Å². The molecule has 0 saturated carbocycles. The van der Waals surface area contributed by atoms with Crippen LogP contribution in [0.4, 0.5) is 8.78 Å². The molecule has 0 fully saturated rings. The quantitative estimate of drug-likeness (QED) is 0.720. The van der Waals surface area contributed by atoms with Crippen LogP contribution in [0.3, 0.4) is 0 Å². The first-order valence-corrected chi connectivity index (χ1v) is 2.63. The summed E-state index contributed by atoms with van der Waals surface area (Å²) >= 11 is 0. The van der Waals surface area contributed by atoms with Gasteiger partial charge < -0.3 is 5.11 Å². The van der Waals surface area contributed by atoms with E-state index < -0.39 is 12.2 Å². The number of halogens is 3. The summed E-state index contributed by atoms with van der Waals surface area (Å²) in [5.41, 5.74) is -0.380. The Balaban J connectivity index is 0.000001000. The van der Waals surface area contributed by atoms with Gasteiger partial charge in [-0.1, -0.05) is 0 Å². The SMILES string of the molecule is Cl.Oc1cnccc1C(F)F. The Labute approximate surface area is 68.3 Å². The molecule has 0 aromatic carbocycles. The normalized spacial score (nSPS) is 9.36. The first kappa shape index (κ1) is 10.1. The maximum absolute atomic E-state index is 11.8. The Morgan fingerprint density at radius 3 is 2.45 bits per heavy atom. The van der Waals surface area contributed by atoms with Crippen LogP contribution in [0, 0.1) is 0 Å². The van der Waals surface area contributed by atoms with Gasteiger partial charge >= 0.3 is 0 Å². The van der Waals surface area contributed by atoms with Crippen molar-refractivity contribution in [3.05, 3.63) is 24.0 Å². The zero-order chi connectivity index (χ0) is 7.56. The van der Waals surface area contributed by atoms with Crippen LogP contribution in [0.2, 0.25) is 0 Å². The molecule has 0 atom stereocenters. The van der Waals surface area contributed by atoms with Crippen LogP contribution in [0.15, 0.2) is 18.5 Å². The predicted molar refractivity (Wildman–Crippen MR) is 38.1 cm³/mol. The summed E-state index contributed by atoms with van der Waals surface area (Å²) in [6, 6.07) is 1.08. The van der Waals surface area contributed by atoms with E-state index in [9.17, 15) is 8.78 Å². The van der Waals surface area contributed by atoms with Crippen molar-refractivity contribution in [1.29, 1.82) is 0 Å². The van der Waals surface area contributed by atoms with E-state index in [1.807, 2.05) is 0 Å². The molecule has 5 heteroatoms. The van der Waals surface area contributed by atoms with Gasteiger partial charge in [-0.15, -0.1) is 12.4 Å². The van der Waals surface area contributed by atoms with Gasteiger partial charge in [0.1, 0.15) is 5.75 Å². The third-order valence-electron chi connectivity index (χ3n) is 1.07. The lowest BCUT2D eigenvalue weighted by molar-refractivity contribution is 0.147. The molecule has 62 valence electrons. The van der Waals surface area contributed by atoms with Gasteiger partial charge in [-0.05, 0) is 6.07 Å². The average Bonchev–Trinajstić information content (AvgIpc) is 1.88. The van der Waals surface area contributed by atoms with Gasteiger partial charge in [-0.25, -0.2) is 8.78 Å². The highest BCUT2D eigenvalue weighted by Gasteiger charge is 2.10. The Hall–Kier alpha value is -0.900. The number of aromatic hydroxyl groups is 1. The van der Waals surface area contributed by atoms with Crippen molar-refractivity contribution < 1.29 is 13.9 Å². The summed E-state index contributed by atoms with van der Waals surface area (Å²) in [7, 11) is 0. The topological polar surface area (TPSA) is 33.1 Å². The number of alkyl halides is 2. The van der Waals surface area contributed by atoms with Crippen LogP contribution in [0.25, 0.3) is 0 Å². The lowest BCUT2D eigenvalue weighted by Gasteiger charge is -1.99. The molecule has 11 heavy (non-hydrogen) atoms. The fourth-order valence-corrected chi connectivity index (χ4v) is 0.581. The zero-order valence-corrected chi connectivity index (χ0v) is 6.18. The van der Waals surface area contributed by atoms with Crippen molar-refractivity contribution in [2.24, 2.45) is 0 Å². The van der Waals surface area contributed by atoms with Crippen LogP contribution in [-0.4, -0.2) is 10.1 Å². The number of hydrogen-bond donors (Lipinski definition) is 1. The van der Waals surface area contributed by atoms with Gasteiger partial charge in [0.05, 0.1) is 11.8 Å². The fourth-order valence-electron chi connectivity index (χ4n) is 0.581. The molecule has 0 spiro atoms. The van der Waals surface area contributed by atoms with Gasteiger partial charge in [0.15, 0.2) is 0 Å². The van der Waals surface area contributed by atoms with E-state index in [1.54, 1.807) is 0 Å². The van der Waals surface area contributed by atoms with Crippen molar-refractivity contribution in [2.45, 2.75) is 6.43 Å². The lowest BCUT2D eigenvalue weighted by Crippen LogP contribution is -1.84. The maximum atomic E-state index is 11.8. The lowest BCUT2D eigenvalue weighted by atomic mass is 10.2. The first-order chi connectivity index (χ1) is 4.72. The molecule has 1 aromatic heterocycles. The smallest absolute Gasteiger partial charge is 0.267 e. The fraction of sp³-hybridized carbons (Fsp3) is 0.167. The van der Waals surface area contributed by atoms with Gasteiger partial charge in [0, 0.05) is 6.20 Å². The molecule has 0 saturated heterocycles. The summed E-state index contributed by atoms with van der Waals surface area (Å²) in [6.45, 7) is 0. The van der Waals surface area contributed by atoms with E-state index in [-0.39, 0.29) is 18.0 Å². The van der Waals surface area contributed by atoms with Crippen LogP contribution >= 0.6 is 12.4 Å². The van der Waals surface area contributed by atoms with Crippen LogP contribution in [-0.2, 0) is 0 Å². The second kappa shape index (κ2) is 4.08. The van der Waals surface area contributed by atoms with Crippen molar-refractivity contribution in [3.63, 3.8) is 0 Å². The van der Waals surface area contributed by atoms with Crippen LogP contribution < -0.4 is 0 Å². The van der Waals surface area contributed by atoms with E-state index in [4.69, 9.17) is 5.11 Å². The zero-order valence-electron chi connectivity index (χ0n) is 5.37. The second-order valence-corrected chi connectivity index (χ2v) is 1.74. The van der Waals surface area contributed by atoms with Crippen LogP contribution in [0.5, 0.6) is 5.75 Å². The summed E-state index contributed by atoms with van der Waals surface area (Å²) in [4.78, 5) is 3.44. The minimum Gasteiger partial charge on any atom is -0.506 e. The van der Waals surface area contributed by atoms with Gasteiger partial charge in [-0.2, -0.15) is 0 Å². The minimum absolute atomic E-state index is 0. The highest BCUT2D eigenvalue weighted by Crippen LogP contribution is 2.25. The molecule has 1 N–H and O–H groups in total. The number of hydrogen-bond acceptors (Lipinski definition) is 2. The standard InChI is InChI=1S/C6H5F2NO.ClH/c7-6(8)4-1-2-9-3-5(4)10;/h1-3,6,10H;1H. The monoisotopic (exact) mass is 181 g/mol. The molecular weight excluding hydrogens is 176 g/mol. The summed E-state index contributed by atoms with van der Waals surface area (Å²) in [6.07, 6.45) is -0.439. The Morgan fingerprint density at radius 2 is 2.09 bits per heavy atom. The van der Waals surface area contributed by atoms with Crippen molar-refractivity contribution in [1.82, 2.24) is 4.98 Å². The van der Waals surface area contributed by atoms with E-state index >= 15 is 0 Å². The first-order valence-electron chi connectivity index (χ1n) is 2.63. The average molecular weight is 182 g/mol. The third-order valence-corrected chi connectivity index (χ3v) is 1.07. The summed E-state index contributed by atoms with van der Waals surface area (Å²) < 4.78 is 23.7. The molecular formula is C6H6ClF2NO. The third kappa shape index (κ3) is 2.31. The van der Waals surface area contributed by atoms with Crippen molar-refractivity contribution in [3.8, 4) is 5.75 Å². The van der Waals surface area contributed by atoms with Gasteiger partial charge in [0.25, 0.3) is 6.43 Å². The predicted octanol–water partition coefficient (Wildman–Crippen LogP) is 2.15. The molecule has 0 aliphatic rings. The molecule has 2 nitrogen and oxygen atoms in total. The van der Waals surface area contributed by atoms with Crippen molar-refractivity contribution >= 4 is 12.4 Å².